The molecule has 3 aromatic rings. The minimum atomic E-state index is -4.38. The van der Waals surface area contributed by atoms with Gasteiger partial charge in [-0.25, -0.2) is 4.98 Å². The van der Waals surface area contributed by atoms with Crippen LogP contribution in [0.5, 0.6) is 5.75 Å². The molecular weight excluding hydrogens is 451 g/mol. The summed E-state index contributed by atoms with van der Waals surface area (Å²) in [5.41, 5.74) is 2.06. The zero-order chi connectivity index (χ0) is 25.3. The summed E-state index contributed by atoms with van der Waals surface area (Å²) in [6.07, 6.45) is -1.26. The van der Waals surface area contributed by atoms with Crippen molar-refractivity contribution in [2.24, 2.45) is 0 Å². The molecule has 2 N–H and O–H groups in total. The van der Waals surface area contributed by atoms with E-state index in [2.05, 4.69) is 9.97 Å². The number of benzene rings is 2. The van der Waals surface area contributed by atoms with Crippen molar-refractivity contribution in [1.82, 2.24) is 9.97 Å². The topological polar surface area (TPSA) is 95.8 Å². The van der Waals surface area contributed by atoms with E-state index in [0.717, 1.165) is 30.2 Å². The molecule has 7 nitrogen and oxygen atoms in total. The predicted octanol–water partition coefficient (Wildman–Crippen LogP) is 4.92. The van der Waals surface area contributed by atoms with Crippen LogP contribution in [-0.4, -0.2) is 46.4 Å². The van der Waals surface area contributed by atoms with Gasteiger partial charge in [0.15, 0.2) is 0 Å². The Morgan fingerprint density at radius 1 is 1.12 bits per heavy atom. The lowest BCUT2D eigenvalue weighted by Crippen LogP contribution is -2.27. The molecule has 0 aliphatic heterocycles. The molecule has 34 heavy (non-hydrogen) atoms. The lowest BCUT2D eigenvalue weighted by atomic mass is 10.1. The number of aromatic hydroxyl groups is 1. The third-order valence-electron chi connectivity index (χ3n) is 4.65. The number of hydrogen-bond acceptors (Lipinski definition) is 6. The third kappa shape index (κ3) is 8.04. The number of aromatic nitrogens is 2. The zero-order valence-corrected chi connectivity index (χ0v) is 19.0. The Morgan fingerprint density at radius 2 is 1.76 bits per heavy atom. The Balaban J connectivity index is 0.000000945. The highest BCUT2D eigenvalue weighted by atomic mass is 19.4. The summed E-state index contributed by atoms with van der Waals surface area (Å²) in [6, 6.07) is 10.2. The molecule has 0 bridgehead atoms. The number of halogens is 3. The summed E-state index contributed by atoms with van der Waals surface area (Å²) in [5, 5.41) is 17.2. The standard InChI is InChI=1S/C22H22F3N3O2.C2H4O2/c1-15-11-16(3-8-20(15)29)14-28(9-10-30-2)21-13-26-12-19(27-21)17-4-6-18(7-5-17)22(23,24)25;1-2(3)4/h3-8,11-13,29H,9-10,14H2,1-2H3;1H3,(H,3,4). The van der Waals surface area contributed by atoms with E-state index in [9.17, 15) is 18.3 Å². The normalized spacial score (nSPS) is 10.9. The molecule has 0 spiro atoms. The summed E-state index contributed by atoms with van der Waals surface area (Å²) in [6.45, 7) is 4.42. The number of hydrogen-bond donors (Lipinski definition) is 2. The Bertz CT molecular complexity index is 1090. The molecule has 182 valence electrons. The first-order valence-electron chi connectivity index (χ1n) is 10.2. The number of aliphatic carboxylic acids is 1. The molecule has 0 radical (unpaired) electrons. The number of carboxylic acids is 1. The maximum absolute atomic E-state index is 12.8. The number of rotatable bonds is 7. The van der Waals surface area contributed by atoms with Gasteiger partial charge in [0.05, 0.1) is 30.3 Å². The molecule has 0 atom stereocenters. The van der Waals surface area contributed by atoms with Gasteiger partial charge in [0, 0.05) is 32.7 Å². The molecule has 0 fully saturated rings. The average Bonchev–Trinajstić information content (AvgIpc) is 2.78. The van der Waals surface area contributed by atoms with E-state index in [-0.39, 0.29) is 5.75 Å². The van der Waals surface area contributed by atoms with Gasteiger partial charge in [0.2, 0.25) is 0 Å². The minimum Gasteiger partial charge on any atom is -0.508 e. The van der Waals surface area contributed by atoms with E-state index in [0.29, 0.717) is 36.8 Å². The molecule has 0 aliphatic carbocycles. The van der Waals surface area contributed by atoms with Crippen LogP contribution in [0.25, 0.3) is 11.3 Å². The number of ether oxygens (including phenoxy) is 1. The Hall–Kier alpha value is -3.66. The summed E-state index contributed by atoms with van der Waals surface area (Å²) in [7, 11) is 1.60. The smallest absolute Gasteiger partial charge is 0.416 e. The van der Waals surface area contributed by atoms with Crippen molar-refractivity contribution in [1.29, 1.82) is 0 Å². The fraction of sp³-hybridized carbons (Fsp3) is 0.292. The number of anilines is 1. The number of carbonyl (C=O) groups is 1. The summed E-state index contributed by atoms with van der Waals surface area (Å²) in [4.78, 5) is 19.8. The van der Waals surface area contributed by atoms with Crippen molar-refractivity contribution < 1.29 is 32.9 Å². The van der Waals surface area contributed by atoms with Crippen molar-refractivity contribution in [3.63, 3.8) is 0 Å². The maximum Gasteiger partial charge on any atom is 0.416 e. The number of methoxy groups -OCH3 is 1. The number of aryl methyl sites for hydroxylation is 1. The second-order valence-electron chi connectivity index (χ2n) is 7.39. The van der Waals surface area contributed by atoms with Gasteiger partial charge in [-0.2, -0.15) is 13.2 Å². The van der Waals surface area contributed by atoms with Crippen LogP contribution in [0.3, 0.4) is 0 Å². The van der Waals surface area contributed by atoms with Gasteiger partial charge in [0.1, 0.15) is 11.6 Å². The van der Waals surface area contributed by atoms with Crippen LogP contribution in [0, 0.1) is 6.92 Å². The third-order valence-corrected chi connectivity index (χ3v) is 4.65. The van der Waals surface area contributed by atoms with Crippen LogP contribution < -0.4 is 4.90 Å². The Morgan fingerprint density at radius 3 is 2.32 bits per heavy atom. The molecule has 0 amide bonds. The van der Waals surface area contributed by atoms with Crippen LogP contribution >= 0.6 is 0 Å². The SMILES string of the molecule is CC(=O)O.COCCN(Cc1ccc(O)c(C)c1)c1cncc(-c2ccc(C(F)(F)F)cc2)n1. The lowest BCUT2D eigenvalue weighted by Gasteiger charge is -2.24. The van der Waals surface area contributed by atoms with Crippen LogP contribution in [0.1, 0.15) is 23.6 Å². The van der Waals surface area contributed by atoms with E-state index in [1.165, 1.54) is 18.3 Å². The summed E-state index contributed by atoms with van der Waals surface area (Å²) in [5.74, 6) is -0.0264. The van der Waals surface area contributed by atoms with E-state index in [1.54, 1.807) is 19.4 Å². The number of phenols is 1. The van der Waals surface area contributed by atoms with Gasteiger partial charge in [-0.15, -0.1) is 0 Å². The van der Waals surface area contributed by atoms with Crippen molar-refractivity contribution in [2.75, 3.05) is 25.2 Å². The molecule has 3 rings (SSSR count). The number of alkyl halides is 3. The molecular formula is C24H26F3N3O4. The fourth-order valence-corrected chi connectivity index (χ4v) is 2.99. The van der Waals surface area contributed by atoms with E-state index in [4.69, 9.17) is 14.6 Å². The monoisotopic (exact) mass is 477 g/mol. The van der Waals surface area contributed by atoms with Crippen LogP contribution in [0.15, 0.2) is 54.9 Å². The zero-order valence-electron chi connectivity index (χ0n) is 19.0. The molecule has 2 aromatic carbocycles. The molecule has 1 heterocycles. The van der Waals surface area contributed by atoms with Gasteiger partial charge in [-0.1, -0.05) is 24.3 Å². The highest BCUT2D eigenvalue weighted by molar-refractivity contribution is 5.63. The number of phenolic OH excluding ortho intramolecular Hbond substituents is 1. The fourth-order valence-electron chi connectivity index (χ4n) is 2.99. The second-order valence-corrected chi connectivity index (χ2v) is 7.39. The van der Waals surface area contributed by atoms with Gasteiger partial charge in [0.25, 0.3) is 5.97 Å². The molecule has 0 unspecified atom stereocenters. The van der Waals surface area contributed by atoms with E-state index in [1.807, 2.05) is 24.0 Å². The molecule has 1 aromatic heterocycles. The molecule has 0 aliphatic rings. The number of carboxylic acid groups (broad SMARTS) is 1. The largest absolute Gasteiger partial charge is 0.508 e. The van der Waals surface area contributed by atoms with E-state index >= 15 is 0 Å². The predicted molar refractivity (Wildman–Crippen MR) is 122 cm³/mol. The molecule has 0 saturated heterocycles. The number of nitrogens with zero attached hydrogens (tertiary/aromatic N) is 3. The summed E-state index contributed by atoms with van der Waals surface area (Å²) >= 11 is 0. The average molecular weight is 477 g/mol. The first kappa shape index (κ1) is 26.6. The van der Waals surface area contributed by atoms with Crippen molar-refractivity contribution in [2.45, 2.75) is 26.6 Å². The van der Waals surface area contributed by atoms with Gasteiger partial charge in [-0.05, 0) is 36.2 Å². The van der Waals surface area contributed by atoms with Crippen molar-refractivity contribution in [3.8, 4) is 17.0 Å². The van der Waals surface area contributed by atoms with Crippen molar-refractivity contribution >= 4 is 11.8 Å². The van der Waals surface area contributed by atoms with Crippen LogP contribution in [0.4, 0.5) is 19.0 Å². The van der Waals surface area contributed by atoms with Crippen LogP contribution in [-0.2, 0) is 22.3 Å². The maximum atomic E-state index is 12.8. The molecule has 0 saturated carbocycles. The second kappa shape index (κ2) is 12.0. The first-order chi connectivity index (χ1) is 16.0. The molecule has 10 heteroatoms. The summed E-state index contributed by atoms with van der Waals surface area (Å²) < 4.78 is 43.6. The van der Waals surface area contributed by atoms with Gasteiger partial charge >= 0.3 is 6.18 Å². The quantitative estimate of drug-likeness (QED) is 0.499. The van der Waals surface area contributed by atoms with E-state index < -0.39 is 17.7 Å². The van der Waals surface area contributed by atoms with Gasteiger partial charge in [-0.3, -0.25) is 9.78 Å². The van der Waals surface area contributed by atoms with Gasteiger partial charge < -0.3 is 19.8 Å². The minimum absolute atomic E-state index is 0.228. The first-order valence-corrected chi connectivity index (χ1v) is 10.2. The lowest BCUT2D eigenvalue weighted by molar-refractivity contribution is -0.137. The van der Waals surface area contributed by atoms with Crippen molar-refractivity contribution in [3.05, 3.63) is 71.5 Å². The Kier molecular flexibility index (Phi) is 9.37. The highest BCUT2D eigenvalue weighted by Crippen LogP contribution is 2.31. The highest BCUT2D eigenvalue weighted by Gasteiger charge is 2.30. The Labute approximate surface area is 195 Å². The van der Waals surface area contributed by atoms with Crippen LogP contribution in [0.2, 0.25) is 0 Å².